The summed E-state index contributed by atoms with van der Waals surface area (Å²) in [5.41, 5.74) is -5.41. The van der Waals surface area contributed by atoms with Crippen LogP contribution in [0.5, 0.6) is 0 Å². The van der Waals surface area contributed by atoms with Crippen LogP contribution in [-0.4, -0.2) is 64.8 Å². The van der Waals surface area contributed by atoms with Crippen LogP contribution in [0.25, 0.3) is 0 Å². The standard InChI is InChI=1S/C28H38O10/c1-13-23(33)28-21(37-16(4)31)11-19-25(6,7)10-9-20(36-15(3)30)26(19,8)22(28)18(35-14(2)29)12-27(13,34)24(28)38-17(5)32/h18-22,24,34H,1,9-12H2,2-8H3/t18-,19+,20-,21-,22-,24+,26+,27-,28-/m1/s1. The Balaban J connectivity index is 2.09. The summed E-state index contributed by atoms with van der Waals surface area (Å²) in [6, 6.07) is 0. The molecule has 4 aliphatic rings. The van der Waals surface area contributed by atoms with Crippen LogP contribution in [0.4, 0.5) is 0 Å². The van der Waals surface area contributed by atoms with E-state index in [-0.39, 0.29) is 29.7 Å². The molecule has 10 heteroatoms. The first-order valence-corrected chi connectivity index (χ1v) is 13.1. The van der Waals surface area contributed by atoms with Crippen molar-refractivity contribution in [3.63, 3.8) is 0 Å². The first-order valence-electron chi connectivity index (χ1n) is 13.1. The first-order chi connectivity index (χ1) is 17.4. The molecule has 4 fully saturated rings. The Morgan fingerprint density at radius 2 is 1.39 bits per heavy atom. The SMILES string of the molecule is C=C1C(=O)[C@@]23[C@H]([C@H](OC(C)=O)C[C@]1(O)[C@@H]2OC(C)=O)[C@]1(C)[C@H](OC(C)=O)CCC(C)(C)[C@@H]1C[C@H]3OC(C)=O. The van der Waals surface area contributed by atoms with Gasteiger partial charge in [0.15, 0.2) is 11.9 Å². The van der Waals surface area contributed by atoms with Gasteiger partial charge in [0.25, 0.3) is 0 Å². The molecular weight excluding hydrogens is 496 g/mol. The van der Waals surface area contributed by atoms with E-state index >= 15 is 0 Å². The fourth-order valence-corrected chi connectivity index (χ4v) is 8.70. The molecule has 0 radical (unpaired) electrons. The largest absolute Gasteiger partial charge is 0.462 e. The molecule has 0 heterocycles. The van der Waals surface area contributed by atoms with E-state index < -0.39 is 76.4 Å². The van der Waals surface area contributed by atoms with Gasteiger partial charge in [-0.05, 0) is 30.6 Å². The Labute approximate surface area is 222 Å². The molecule has 10 nitrogen and oxygen atoms in total. The normalized spacial score (nSPS) is 42.8. The van der Waals surface area contributed by atoms with Crippen molar-refractivity contribution in [3.05, 3.63) is 12.2 Å². The van der Waals surface area contributed by atoms with Crippen molar-refractivity contribution in [2.45, 2.75) is 104 Å². The van der Waals surface area contributed by atoms with Crippen LogP contribution in [0.1, 0.15) is 74.1 Å². The number of esters is 4. The molecule has 0 aromatic heterocycles. The second-order valence-electron chi connectivity index (χ2n) is 12.4. The molecule has 0 aliphatic heterocycles. The van der Waals surface area contributed by atoms with Crippen molar-refractivity contribution in [2.75, 3.05) is 0 Å². The van der Waals surface area contributed by atoms with Crippen LogP contribution in [0.3, 0.4) is 0 Å². The summed E-state index contributed by atoms with van der Waals surface area (Å²) in [6.07, 6.45) is -3.22. The summed E-state index contributed by atoms with van der Waals surface area (Å²) in [5.74, 6) is -4.34. The molecule has 1 N–H and O–H groups in total. The molecule has 4 rings (SSSR count). The van der Waals surface area contributed by atoms with Gasteiger partial charge in [0, 0.05) is 51.0 Å². The van der Waals surface area contributed by atoms with E-state index in [0.717, 1.165) is 0 Å². The average molecular weight is 535 g/mol. The topological polar surface area (TPSA) is 143 Å². The highest BCUT2D eigenvalue weighted by molar-refractivity contribution is 6.07. The summed E-state index contributed by atoms with van der Waals surface area (Å²) in [4.78, 5) is 63.9. The predicted octanol–water partition coefficient (Wildman–Crippen LogP) is 2.44. The van der Waals surface area contributed by atoms with Crippen molar-refractivity contribution >= 4 is 29.7 Å². The smallest absolute Gasteiger partial charge is 0.303 e. The van der Waals surface area contributed by atoms with Gasteiger partial charge >= 0.3 is 23.9 Å². The lowest BCUT2D eigenvalue weighted by molar-refractivity contribution is -0.298. The Kier molecular flexibility index (Phi) is 6.61. The Hall–Kier alpha value is -2.75. The molecule has 0 amide bonds. The van der Waals surface area contributed by atoms with Crippen LogP contribution in [0, 0.1) is 28.1 Å². The molecule has 0 unspecified atom stereocenters. The third-order valence-corrected chi connectivity index (χ3v) is 9.77. The molecule has 0 aromatic rings. The maximum Gasteiger partial charge on any atom is 0.303 e. The van der Waals surface area contributed by atoms with E-state index in [1.165, 1.54) is 27.7 Å². The molecule has 2 bridgehead atoms. The minimum Gasteiger partial charge on any atom is -0.462 e. The number of hydrogen-bond donors (Lipinski definition) is 1. The van der Waals surface area contributed by atoms with E-state index in [1.54, 1.807) is 0 Å². The number of carbonyl (C=O) groups is 5. The second kappa shape index (κ2) is 8.89. The highest BCUT2D eigenvalue weighted by Crippen LogP contribution is 2.73. The monoisotopic (exact) mass is 534 g/mol. The number of Topliss-reactive ketones (excluding diaryl/α,β-unsaturated/α-hetero) is 1. The second-order valence-corrected chi connectivity index (χ2v) is 12.4. The zero-order valence-corrected chi connectivity index (χ0v) is 23.1. The van der Waals surface area contributed by atoms with Crippen molar-refractivity contribution in [2.24, 2.45) is 28.1 Å². The quantitative estimate of drug-likeness (QED) is 0.325. The van der Waals surface area contributed by atoms with E-state index in [0.29, 0.717) is 12.8 Å². The third-order valence-electron chi connectivity index (χ3n) is 9.77. The lowest BCUT2D eigenvalue weighted by Gasteiger charge is -2.68. The van der Waals surface area contributed by atoms with Gasteiger partial charge in [-0.3, -0.25) is 24.0 Å². The third kappa shape index (κ3) is 3.73. The minimum atomic E-state index is -2.05. The number of hydrogen-bond acceptors (Lipinski definition) is 10. The summed E-state index contributed by atoms with van der Waals surface area (Å²) in [7, 11) is 0. The maximum atomic E-state index is 14.4. The van der Waals surface area contributed by atoms with Gasteiger partial charge in [-0.2, -0.15) is 0 Å². The molecule has 4 aliphatic carbocycles. The van der Waals surface area contributed by atoms with Crippen LogP contribution in [0.2, 0.25) is 0 Å². The van der Waals surface area contributed by atoms with Gasteiger partial charge < -0.3 is 24.1 Å². The Morgan fingerprint density at radius 1 is 0.868 bits per heavy atom. The van der Waals surface area contributed by atoms with E-state index in [2.05, 4.69) is 20.4 Å². The zero-order valence-electron chi connectivity index (χ0n) is 23.1. The molecular formula is C28H38O10. The minimum absolute atomic E-state index is 0.178. The summed E-state index contributed by atoms with van der Waals surface area (Å²) in [6.45, 7) is 14.9. The summed E-state index contributed by atoms with van der Waals surface area (Å²) >= 11 is 0. The number of ether oxygens (including phenoxy) is 4. The van der Waals surface area contributed by atoms with Crippen LogP contribution >= 0.6 is 0 Å². The van der Waals surface area contributed by atoms with Gasteiger partial charge in [0.2, 0.25) is 0 Å². The lowest BCUT2D eigenvalue weighted by atomic mass is 9.38. The number of fused-ring (bicyclic) bond motifs is 3. The van der Waals surface area contributed by atoms with Gasteiger partial charge in [0.05, 0.1) is 0 Å². The first kappa shape index (κ1) is 28.3. The predicted molar refractivity (Wildman–Crippen MR) is 131 cm³/mol. The molecule has 0 saturated heterocycles. The van der Waals surface area contributed by atoms with Gasteiger partial charge in [-0.1, -0.05) is 27.4 Å². The van der Waals surface area contributed by atoms with E-state index in [9.17, 15) is 29.1 Å². The number of aliphatic hydroxyl groups is 1. The lowest BCUT2D eigenvalue weighted by Crippen LogP contribution is -2.76. The van der Waals surface area contributed by atoms with Crippen molar-refractivity contribution in [1.29, 1.82) is 0 Å². The maximum absolute atomic E-state index is 14.4. The zero-order chi connectivity index (χ0) is 28.6. The average Bonchev–Trinajstić information content (AvgIpc) is 2.85. The number of ketones is 1. The molecule has 1 spiro atoms. The van der Waals surface area contributed by atoms with Crippen LogP contribution in [-0.2, 0) is 42.9 Å². The van der Waals surface area contributed by atoms with E-state index in [4.69, 9.17) is 18.9 Å². The van der Waals surface area contributed by atoms with E-state index in [1.807, 2.05) is 6.92 Å². The Morgan fingerprint density at radius 3 is 1.92 bits per heavy atom. The fraction of sp³-hybridized carbons (Fsp3) is 0.750. The Bertz CT molecular complexity index is 1110. The fourth-order valence-electron chi connectivity index (χ4n) is 8.70. The van der Waals surface area contributed by atoms with Gasteiger partial charge in [-0.25, -0.2) is 0 Å². The van der Waals surface area contributed by atoms with Crippen molar-refractivity contribution < 1.29 is 48.0 Å². The van der Waals surface area contributed by atoms with Gasteiger partial charge in [0.1, 0.15) is 29.3 Å². The summed E-state index contributed by atoms with van der Waals surface area (Å²) in [5, 5.41) is 11.9. The number of rotatable bonds is 4. The highest BCUT2D eigenvalue weighted by atomic mass is 16.6. The summed E-state index contributed by atoms with van der Waals surface area (Å²) < 4.78 is 23.3. The van der Waals surface area contributed by atoms with Crippen molar-refractivity contribution in [1.82, 2.24) is 0 Å². The molecule has 4 saturated carbocycles. The van der Waals surface area contributed by atoms with Crippen LogP contribution < -0.4 is 0 Å². The molecule has 38 heavy (non-hydrogen) atoms. The van der Waals surface area contributed by atoms with Crippen molar-refractivity contribution in [3.8, 4) is 0 Å². The molecule has 0 aromatic carbocycles. The molecule has 210 valence electrons. The molecule has 9 atom stereocenters. The van der Waals surface area contributed by atoms with Gasteiger partial charge in [-0.15, -0.1) is 0 Å². The van der Waals surface area contributed by atoms with Crippen LogP contribution in [0.15, 0.2) is 12.2 Å². The highest BCUT2D eigenvalue weighted by Gasteiger charge is 2.84. The number of carbonyl (C=O) groups excluding carboxylic acids is 5.